The first-order chi connectivity index (χ1) is 9.40. The minimum atomic E-state index is -0.893. The maximum Gasteiger partial charge on any atom is 0.303 e. The molecule has 0 bridgehead atoms. The molecule has 5 nitrogen and oxygen atoms in total. The first kappa shape index (κ1) is 14.4. The molecule has 1 amide bonds. The second-order valence-corrected chi connectivity index (χ2v) is 5.20. The van der Waals surface area contributed by atoms with E-state index in [9.17, 15) is 9.59 Å². The fraction of sp³-hybridized carbons (Fsp3) is 0.467. The van der Waals surface area contributed by atoms with Crippen LogP contribution >= 0.6 is 0 Å². The van der Waals surface area contributed by atoms with E-state index in [-0.39, 0.29) is 18.7 Å². The molecule has 1 N–H and O–H groups in total. The Morgan fingerprint density at radius 2 is 2.15 bits per heavy atom. The Bertz CT molecular complexity index is 555. The van der Waals surface area contributed by atoms with Gasteiger partial charge in [-0.2, -0.15) is 0 Å². The predicted octanol–water partition coefficient (Wildman–Crippen LogP) is 2.18. The smallest absolute Gasteiger partial charge is 0.303 e. The van der Waals surface area contributed by atoms with Gasteiger partial charge >= 0.3 is 5.97 Å². The van der Waals surface area contributed by atoms with E-state index in [0.717, 1.165) is 11.3 Å². The number of anilines is 1. The molecule has 1 aromatic rings. The number of aliphatic carboxylic acids is 1. The molecule has 108 valence electrons. The van der Waals surface area contributed by atoms with Gasteiger partial charge in [-0.1, -0.05) is 0 Å². The third-order valence-corrected chi connectivity index (χ3v) is 3.85. The van der Waals surface area contributed by atoms with Gasteiger partial charge in [0.05, 0.1) is 12.0 Å². The summed E-state index contributed by atoms with van der Waals surface area (Å²) in [5.41, 5.74) is 0.874. The van der Waals surface area contributed by atoms with E-state index in [1.807, 2.05) is 25.1 Å². The second-order valence-electron chi connectivity index (χ2n) is 5.20. The van der Waals surface area contributed by atoms with Gasteiger partial charge in [0.15, 0.2) is 0 Å². The van der Waals surface area contributed by atoms with Gasteiger partial charge in [-0.3, -0.25) is 9.59 Å². The van der Waals surface area contributed by atoms with Crippen LogP contribution in [0.2, 0.25) is 0 Å². The highest BCUT2D eigenvalue weighted by Crippen LogP contribution is 2.45. The van der Waals surface area contributed by atoms with Crippen LogP contribution in [0.5, 0.6) is 5.75 Å². The largest absolute Gasteiger partial charge is 0.494 e. The highest BCUT2D eigenvalue weighted by atomic mass is 16.5. The number of carboxylic acids is 1. The zero-order valence-electron chi connectivity index (χ0n) is 12.0. The third-order valence-electron chi connectivity index (χ3n) is 3.85. The minimum absolute atomic E-state index is 0.0334. The standard InChI is InChI=1S/C15H19NO4/c1-4-20-10-5-6-12-11(9-10)15(2,8-7-13(17)18)14(19)16(12)3/h5-6,9H,4,7-8H2,1-3H3,(H,17,18)/t15-/m0/s1. The summed E-state index contributed by atoms with van der Waals surface area (Å²) in [6.45, 7) is 4.25. The van der Waals surface area contributed by atoms with Gasteiger partial charge in [0.1, 0.15) is 5.75 Å². The van der Waals surface area contributed by atoms with Crippen LogP contribution in [0.15, 0.2) is 18.2 Å². The van der Waals surface area contributed by atoms with Gasteiger partial charge in [-0.25, -0.2) is 0 Å². The van der Waals surface area contributed by atoms with Crippen LogP contribution in [-0.4, -0.2) is 30.6 Å². The van der Waals surface area contributed by atoms with Crippen LogP contribution in [0.1, 0.15) is 32.3 Å². The fourth-order valence-corrected chi connectivity index (χ4v) is 2.70. The third kappa shape index (κ3) is 2.24. The molecule has 1 atom stereocenters. The fourth-order valence-electron chi connectivity index (χ4n) is 2.70. The Hall–Kier alpha value is -2.04. The Labute approximate surface area is 118 Å². The van der Waals surface area contributed by atoms with E-state index >= 15 is 0 Å². The average molecular weight is 277 g/mol. The lowest BCUT2D eigenvalue weighted by Crippen LogP contribution is -2.36. The average Bonchev–Trinajstić information content (AvgIpc) is 2.60. The molecule has 0 saturated heterocycles. The maximum absolute atomic E-state index is 12.5. The van der Waals surface area contributed by atoms with Gasteiger partial charge in [-0.15, -0.1) is 0 Å². The Kier molecular flexibility index (Phi) is 3.70. The van der Waals surface area contributed by atoms with Crippen molar-refractivity contribution in [2.75, 3.05) is 18.6 Å². The molecule has 2 rings (SSSR count). The molecule has 0 saturated carbocycles. The normalized spacial score (nSPS) is 20.9. The molecule has 1 aliphatic rings. The van der Waals surface area contributed by atoms with Crippen LogP contribution in [0.4, 0.5) is 5.69 Å². The summed E-state index contributed by atoms with van der Waals surface area (Å²) in [7, 11) is 1.72. The number of ether oxygens (including phenoxy) is 1. The molecule has 1 aliphatic heterocycles. The first-order valence-corrected chi connectivity index (χ1v) is 6.67. The van der Waals surface area contributed by atoms with Crippen molar-refractivity contribution < 1.29 is 19.4 Å². The minimum Gasteiger partial charge on any atom is -0.494 e. The van der Waals surface area contributed by atoms with Gasteiger partial charge in [-0.05, 0) is 44.0 Å². The number of rotatable bonds is 5. The molecule has 0 fully saturated rings. The number of nitrogens with zero attached hydrogens (tertiary/aromatic N) is 1. The summed E-state index contributed by atoms with van der Waals surface area (Å²) in [5, 5.41) is 8.88. The van der Waals surface area contributed by atoms with Crippen LogP contribution in [0, 0.1) is 0 Å². The zero-order chi connectivity index (χ0) is 14.9. The Morgan fingerprint density at radius 1 is 1.45 bits per heavy atom. The van der Waals surface area contributed by atoms with Crippen molar-refractivity contribution in [1.29, 1.82) is 0 Å². The van der Waals surface area contributed by atoms with Crippen molar-refractivity contribution in [3.8, 4) is 5.75 Å². The molecule has 0 unspecified atom stereocenters. The van der Waals surface area contributed by atoms with Crippen molar-refractivity contribution in [2.45, 2.75) is 32.1 Å². The highest BCUT2D eigenvalue weighted by Gasteiger charge is 2.46. The number of carbonyl (C=O) groups is 2. The van der Waals surface area contributed by atoms with Crippen molar-refractivity contribution in [3.63, 3.8) is 0 Å². The van der Waals surface area contributed by atoms with Gasteiger partial charge in [0.25, 0.3) is 0 Å². The number of hydrogen-bond acceptors (Lipinski definition) is 3. The maximum atomic E-state index is 12.5. The van der Waals surface area contributed by atoms with E-state index in [0.29, 0.717) is 12.4 Å². The van der Waals surface area contributed by atoms with Crippen molar-refractivity contribution in [3.05, 3.63) is 23.8 Å². The summed E-state index contributed by atoms with van der Waals surface area (Å²) in [5.74, 6) is -0.255. The molecule has 1 aromatic carbocycles. The molecule has 0 aliphatic carbocycles. The van der Waals surface area contributed by atoms with Gasteiger partial charge in [0.2, 0.25) is 5.91 Å². The molecule has 1 heterocycles. The molecule has 0 radical (unpaired) electrons. The van der Waals surface area contributed by atoms with Crippen LogP contribution < -0.4 is 9.64 Å². The van der Waals surface area contributed by atoms with Gasteiger partial charge in [0, 0.05) is 19.2 Å². The van der Waals surface area contributed by atoms with E-state index < -0.39 is 11.4 Å². The summed E-state index contributed by atoms with van der Waals surface area (Å²) in [4.78, 5) is 24.9. The molecule has 5 heteroatoms. The summed E-state index contributed by atoms with van der Waals surface area (Å²) < 4.78 is 5.47. The lowest BCUT2D eigenvalue weighted by molar-refractivity contribution is -0.137. The molecule has 0 spiro atoms. The lowest BCUT2D eigenvalue weighted by atomic mass is 9.79. The zero-order valence-corrected chi connectivity index (χ0v) is 12.0. The molecule has 20 heavy (non-hydrogen) atoms. The number of fused-ring (bicyclic) bond motifs is 1. The monoisotopic (exact) mass is 277 g/mol. The number of likely N-dealkylation sites (N-methyl/N-ethyl adjacent to an activating group) is 1. The SMILES string of the molecule is CCOc1ccc2c(c1)[C@](C)(CCC(=O)O)C(=O)N2C. The van der Waals surface area contributed by atoms with Crippen molar-refractivity contribution >= 4 is 17.6 Å². The number of amides is 1. The molecule has 0 aromatic heterocycles. The summed E-state index contributed by atoms with van der Waals surface area (Å²) >= 11 is 0. The van der Waals surface area contributed by atoms with Crippen LogP contribution in [0.25, 0.3) is 0 Å². The van der Waals surface area contributed by atoms with E-state index in [1.54, 1.807) is 18.9 Å². The van der Waals surface area contributed by atoms with E-state index in [1.165, 1.54) is 0 Å². The number of carbonyl (C=O) groups excluding carboxylic acids is 1. The second kappa shape index (κ2) is 5.15. The predicted molar refractivity (Wildman–Crippen MR) is 75.2 cm³/mol. The first-order valence-electron chi connectivity index (χ1n) is 6.67. The highest BCUT2D eigenvalue weighted by molar-refractivity contribution is 6.07. The van der Waals surface area contributed by atoms with Crippen LogP contribution in [-0.2, 0) is 15.0 Å². The van der Waals surface area contributed by atoms with Gasteiger partial charge < -0.3 is 14.7 Å². The number of hydrogen-bond donors (Lipinski definition) is 1. The summed E-state index contributed by atoms with van der Waals surface area (Å²) in [6.07, 6.45) is 0.252. The molecular weight excluding hydrogens is 258 g/mol. The quantitative estimate of drug-likeness (QED) is 0.895. The molecular formula is C15H19NO4. The summed E-state index contributed by atoms with van der Waals surface area (Å²) in [6, 6.07) is 5.53. The topological polar surface area (TPSA) is 66.8 Å². The van der Waals surface area contributed by atoms with Crippen LogP contribution in [0.3, 0.4) is 0 Å². The van der Waals surface area contributed by atoms with E-state index in [4.69, 9.17) is 9.84 Å². The Morgan fingerprint density at radius 3 is 2.75 bits per heavy atom. The number of benzene rings is 1. The number of carboxylic acid groups (broad SMARTS) is 1. The Balaban J connectivity index is 2.42. The van der Waals surface area contributed by atoms with E-state index in [2.05, 4.69) is 0 Å². The van der Waals surface area contributed by atoms with Crippen molar-refractivity contribution in [1.82, 2.24) is 0 Å². The van der Waals surface area contributed by atoms with Crippen molar-refractivity contribution in [2.24, 2.45) is 0 Å². The lowest BCUT2D eigenvalue weighted by Gasteiger charge is -2.22.